The van der Waals surface area contributed by atoms with Gasteiger partial charge < -0.3 is 10.5 Å². The van der Waals surface area contributed by atoms with Crippen LogP contribution in [0.2, 0.25) is 0 Å². The second-order valence-corrected chi connectivity index (χ2v) is 7.41. The summed E-state index contributed by atoms with van der Waals surface area (Å²) in [5, 5.41) is -0.512. The molecule has 23 heavy (non-hydrogen) atoms. The zero-order valence-corrected chi connectivity index (χ0v) is 15.5. The minimum atomic E-state index is -0.796. The number of thioether (sulfide) groups is 1. The number of anilines is 1. The Hall–Kier alpha value is -1.13. The topological polar surface area (TPSA) is 89.7 Å². The van der Waals surface area contributed by atoms with Crippen LogP contribution >= 0.6 is 34.4 Å². The van der Waals surface area contributed by atoms with Crippen molar-refractivity contribution in [3.8, 4) is 0 Å². The molecular weight excluding hydrogens is 431 g/mol. The van der Waals surface area contributed by atoms with Gasteiger partial charge in [-0.1, -0.05) is 0 Å². The zero-order valence-electron chi connectivity index (χ0n) is 12.5. The molecule has 1 fully saturated rings. The maximum atomic E-state index is 12.4. The van der Waals surface area contributed by atoms with E-state index in [1.54, 1.807) is 19.1 Å². The fourth-order valence-corrected chi connectivity index (χ4v) is 3.58. The molecule has 0 unspecified atom stereocenters. The molecule has 2 rings (SSSR count). The van der Waals surface area contributed by atoms with Crippen LogP contribution < -0.4 is 10.6 Å². The highest BCUT2D eigenvalue weighted by Gasteiger charge is 2.40. The van der Waals surface area contributed by atoms with Crippen molar-refractivity contribution in [2.45, 2.75) is 24.6 Å². The number of nitrogens with two attached hydrogens (primary N) is 1. The Balaban J connectivity index is 1.98. The second kappa shape index (κ2) is 8.11. The molecule has 8 heteroatoms. The quantitative estimate of drug-likeness (QED) is 0.404. The molecule has 1 heterocycles. The lowest BCUT2D eigenvalue weighted by Crippen LogP contribution is -2.36. The number of hydrogen-bond donors (Lipinski definition) is 1. The number of esters is 1. The third kappa shape index (κ3) is 4.45. The molecule has 124 valence electrons. The van der Waals surface area contributed by atoms with Gasteiger partial charge in [0.1, 0.15) is 6.04 Å². The third-order valence-corrected chi connectivity index (χ3v) is 5.30. The highest BCUT2D eigenvalue weighted by Crippen LogP contribution is 2.30. The minimum absolute atomic E-state index is 0.116. The average Bonchev–Trinajstić information content (AvgIpc) is 2.80. The normalized spacial score (nSPS) is 19.1. The van der Waals surface area contributed by atoms with Crippen LogP contribution in [-0.2, 0) is 19.1 Å². The van der Waals surface area contributed by atoms with Crippen molar-refractivity contribution in [3.05, 3.63) is 27.8 Å². The Morgan fingerprint density at radius 3 is 2.70 bits per heavy atom. The van der Waals surface area contributed by atoms with Crippen LogP contribution in [0.25, 0.3) is 0 Å². The van der Waals surface area contributed by atoms with Crippen LogP contribution in [-0.4, -0.2) is 41.4 Å². The van der Waals surface area contributed by atoms with E-state index in [-0.39, 0.29) is 30.6 Å². The van der Waals surface area contributed by atoms with Crippen molar-refractivity contribution in [1.29, 1.82) is 0 Å². The Bertz CT molecular complexity index is 608. The smallest absolute Gasteiger partial charge is 0.323 e. The first-order chi connectivity index (χ1) is 10.9. The molecule has 6 nitrogen and oxygen atoms in total. The van der Waals surface area contributed by atoms with Gasteiger partial charge in [0.25, 0.3) is 0 Å². The van der Waals surface area contributed by atoms with E-state index >= 15 is 0 Å². The summed E-state index contributed by atoms with van der Waals surface area (Å²) in [7, 11) is 0. The molecule has 0 spiro atoms. The van der Waals surface area contributed by atoms with E-state index in [2.05, 4.69) is 22.6 Å². The van der Waals surface area contributed by atoms with Gasteiger partial charge in [-0.2, -0.15) is 0 Å². The number of nitrogens with zero attached hydrogens (tertiary/aromatic N) is 1. The minimum Gasteiger partial charge on any atom is -0.465 e. The van der Waals surface area contributed by atoms with E-state index in [9.17, 15) is 14.4 Å². The monoisotopic (exact) mass is 448 g/mol. The van der Waals surface area contributed by atoms with Crippen molar-refractivity contribution >= 4 is 57.8 Å². The number of carbonyl (C=O) groups excluding carboxylic acids is 3. The van der Waals surface area contributed by atoms with Crippen molar-refractivity contribution in [2.75, 3.05) is 17.3 Å². The maximum Gasteiger partial charge on any atom is 0.323 e. The van der Waals surface area contributed by atoms with Crippen LogP contribution in [0.15, 0.2) is 24.3 Å². The molecule has 1 aromatic rings. The zero-order chi connectivity index (χ0) is 17.0. The third-order valence-electron chi connectivity index (χ3n) is 3.26. The SMILES string of the molecule is CCOC(=O)[C@@H](N)CS[C@@H]1CC(=O)N(c2ccc(I)cc2)C1=O. The van der Waals surface area contributed by atoms with E-state index in [0.717, 1.165) is 3.57 Å². The molecule has 2 amide bonds. The Labute approximate surface area is 152 Å². The molecule has 0 aliphatic carbocycles. The van der Waals surface area contributed by atoms with Gasteiger partial charge in [0.15, 0.2) is 0 Å². The summed E-state index contributed by atoms with van der Waals surface area (Å²) >= 11 is 3.38. The fourth-order valence-electron chi connectivity index (χ4n) is 2.13. The lowest BCUT2D eigenvalue weighted by Gasteiger charge is -2.16. The number of rotatable bonds is 6. The van der Waals surface area contributed by atoms with E-state index < -0.39 is 17.3 Å². The van der Waals surface area contributed by atoms with Crippen molar-refractivity contribution in [2.24, 2.45) is 5.73 Å². The van der Waals surface area contributed by atoms with Gasteiger partial charge in [0.2, 0.25) is 11.8 Å². The van der Waals surface area contributed by atoms with E-state index in [1.807, 2.05) is 12.1 Å². The van der Waals surface area contributed by atoms with Crippen molar-refractivity contribution < 1.29 is 19.1 Å². The number of amides is 2. The lowest BCUT2D eigenvalue weighted by atomic mass is 10.3. The largest absolute Gasteiger partial charge is 0.465 e. The summed E-state index contributed by atoms with van der Waals surface area (Å²) in [6, 6.07) is 6.38. The van der Waals surface area contributed by atoms with Gasteiger partial charge in [0, 0.05) is 15.7 Å². The fraction of sp³-hybridized carbons (Fsp3) is 0.400. The maximum absolute atomic E-state index is 12.4. The highest BCUT2D eigenvalue weighted by atomic mass is 127. The molecule has 0 bridgehead atoms. The van der Waals surface area contributed by atoms with Crippen molar-refractivity contribution in [3.63, 3.8) is 0 Å². The van der Waals surface area contributed by atoms with Crippen LogP contribution in [0.4, 0.5) is 5.69 Å². The number of imide groups is 1. The summed E-state index contributed by atoms with van der Waals surface area (Å²) in [6.45, 7) is 1.97. The molecule has 0 aromatic heterocycles. The molecule has 2 N–H and O–H groups in total. The highest BCUT2D eigenvalue weighted by molar-refractivity contribution is 14.1. The standard InChI is InChI=1S/C15H17IN2O4S/c1-2-22-15(21)11(17)8-23-12-7-13(19)18(14(12)20)10-5-3-9(16)4-6-10/h3-6,11-12H,2,7-8,17H2,1H3/t11-,12+/m0/s1. The number of ether oxygens (including phenoxy) is 1. The average molecular weight is 448 g/mol. The Morgan fingerprint density at radius 2 is 2.09 bits per heavy atom. The summed E-state index contributed by atoms with van der Waals surface area (Å²) in [5.74, 6) is -0.759. The predicted molar refractivity (Wildman–Crippen MR) is 97.1 cm³/mol. The van der Waals surface area contributed by atoms with E-state index in [0.29, 0.717) is 5.69 Å². The molecule has 0 radical (unpaired) electrons. The van der Waals surface area contributed by atoms with Crippen LogP contribution in [0.3, 0.4) is 0 Å². The van der Waals surface area contributed by atoms with Gasteiger partial charge in [0.05, 0.1) is 17.5 Å². The number of carbonyl (C=O) groups is 3. The molecule has 1 aliphatic rings. The van der Waals surface area contributed by atoms with E-state index in [4.69, 9.17) is 10.5 Å². The Kier molecular flexibility index (Phi) is 6.42. The molecular formula is C15H17IN2O4S. The summed E-state index contributed by atoms with van der Waals surface area (Å²) in [4.78, 5) is 37.2. The van der Waals surface area contributed by atoms with E-state index in [1.165, 1.54) is 16.7 Å². The van der Waals surface area contributed by atoms with Gasteiger partial charge >= 0.3 is 5.97 Å². The van der Waals surface area contributed by atoms with Gasteiger partial charge in [-0.25, -0.2) is 4.90 Å². The molecule has 0 saturated carbocycles. The Morgan fingerprint density at radius 1 is 1.43 bits per heavy atom. The van der Waals surface area contributed by atoms with Gasteiger partial charge in [-0.05, 0) is 53.8 Å². The molecule has 2 atom stereocenters. The first-order valence-corrected chi connectivity index (χ1v) is 9.23. The summed E-state index contributed by atoms with van der Waals surface area (Å²) in [6.07, 6.45) is 0.116. The van der Waals surface area contributed by atoms with Crippen LogP contribution in [0, 0.1) is 3.57 Å². The summed E-state index contributed by atoms with van der Waals surface area (Å²) in [5.41, 5.74) is 6.29. The molecule has 1 aliphatic heterocycles. The first kappa shape index (κ1) is 18.2. The number of hydrogen-bond acceptors (Lipinski definition) is 6. The predicted octanol–water partition coefficient (Wildman–Crippen LogP) is 1.55. The number of halogens is 1. The van der Waals surface area contributed by atoms with Gasteiger partial charge in [-0.3, -0.25) is 14.4 Å². The van der Waals surface area contributed by atoms with Crippen LogP contribution in [0.5, 0.6) is 0 Å². The first-order valence-electron chi connectivity index (χ1n) is 7.10. The molecule has 1 saturated heterocycles. The second-order valence-electron chi connectivity index (χ2n) is 4.93. The van der Waals surface area contributed by atoms with Gasteiger partial charge in [-0.15, -0.1) is 11.8 Å². The summed E-state index contributed by atoms with van der Waals surface area (Å²) < 4.78 is 5.85. The van der Waals surface area contributed by atoms with Crippen molar-refractivity contribution in [1.82, 2.24) is 0 Å². The number of benzene rings is 1. The molecule has 1 aromatic carbocycles. The van der Waals surface area contributed by atoms with Crippen LogP contribution in [0.1, 0.15) is 13.3 Å². The lowest BCUT2D eigenvalue weighted by molar-refractivity contribution is -0.144.